The Labute approximate surface area is 127 Å². The normalized spacial score (nSPS) is 12.8. The Balaban J connectivity index is 2.01. The minimum Gasteiger partial charge on any atom is -0.439 e. The van der Waals surface area contributed by atoms with Gasteiger partial charge in [-0.05, 0) is 26.5 Å². The van der Waals surface area contributed by atoms with Crippen LogP contribution in [0.4, 0.5) is 0 Å². The molecule has 1 aromatic carbocycles. The van der Waals surface area contributed by atoms with Crippen molar-refractivity contribution in [3.05, 3.63) is 40.8 Å². The van der Waals surface area contributed by atoms with Gasteiger partial charge in [-0.15, -0.1) is 0 Å². The van der Waals surface area contributed by atoms with E-state index >= 15 is 0 Å². The summed E-state index contributed by atoms with van der Waals surface area (Å²) in [6.45, 7) is 3.24. The van der Waals surface area contributed by atoms with Gasteiger partial charge in [-0.3, -0.25) is 4.90 Å². The van der Waals surface area contributed by atoms with Crippen molar-refractivity contribution in [2.45, 2.75) is 26.0 Å². The largest absolute Gasteiger partial charge is 0.439 e. The van der Waals surface area contributed by atoms with Crippen molar-refractivity contribution in [1.82, 2.24) is 9.88 Å². The van der Waals surface area contributed by atoms with E-state index in [0.29, 0.717) is 12.4 Å². The Morgan fingerprint density at radius 1 is 1.40 bits per heavy atom. The van der Waals surface area contributed by atoms with Crippen molar-refractivity contribution in [2.75, 3.05) is 13.6 Å². The molecule has 1 unspecified atom stereocenters. The molecule has 20 heavy (non-hydrogen) atoms. The van der Waals surface area contributed by atoms with Gasteiger partial charge in [0.05, 0.1) is 18.8 Å². The Bertz CT molecular complexity index is 554. The van der Waals surface area contributed by atoms with E-state index in [-0.39, 0.29) is 6.10 Å². The van der Waals surface area contributed by atoms with Gasteiger partial charge in [0.15, 0.2) is 5.76 Å². The van der Waals surface area contributed by atoms with Gasteiger partial charge in [-0.25, -0.2) is 4.98 Å². The average Bonchev–Trinajstić information content (AvgIpc) is 2.85. The smallest absolute Gasteiger partial charge is 0.209 e. The van der Waals surface area contributed by atoms with Crippen molar-refractivity contribution < 1.29 is 9.52 Å². The first kappa shape index (κ1) is 15.2. The van der Waals surface area contributed by atoms with Crippen LogP contribution in [0.3, 0.4) is 0 Å². The lowest BCUT2D eigenvalue weighted by atomic mass is 10.2. The highest BCUT2D eigenvalue weighted by Gasteiger charge is 2.11. The van der Waals surface area contributed by atoms with E-state index in [1.54, 1.807) is 13.1 Å². The lowest BCUT2D eigenvalue weighted by molar-refractivity contribution is 0.160. The minimum absolute atomic E-state index is 0.280. The molecule has 0 radical (unpaired) electrons. The van der Waals surface area contributed by atoms with E-state index in [4.69, 9.17) is 4.42 Å². The van der Waals surface area contributed by atoms with E-state index in [1.165, 1.54) is 0 Å². The van der Waals surface area contributed by atoms with Crippen LogP contribution in [0.1, 0.15) is 19.2 Å². The molecule has 4 nitrogen and oxygen atoms in total. The van der Waals surface area contributed by atoms with Crippen LogP contribution in [-0.2, 0) is 6.54 Å². The van der Waals surface area contributed by atoms with Crippen LogP contribution in [0.15, 0.2) is 39.4 Å². The minimum atomic E-state index is -0.280. The molecule has 1 N–H and O–H groups in total. The van der Waals surface area contributed by atoms with Gasteiger partial charge in [0.2, 0.25) is 5.89 Å². The van der Waals surface area contributed by atoms with Crippen LogP contribution in [0.25, 0.3) is 11.3 Å². The molecular formula is C15H19BrN2O2. The zero-order valence-corrected chi connectivity index (χ0v) is 13.3. The van der Waals surface area contributed by atoms with Gasteiger partial charge in [-0.1, -0.05) is 34.1 Å². The zero-order chi connectivity index (χ0) is 14.5. The number of nitrogens with zero attached hydrogens (tertiary/aromatic N) is 2. The molecule has 0 amide bonds. The molecule has 1 atom stereocenters. The Kier molecular flexibility index (Phi) is 5.34. The van der Waals surface area contributed by atoms with Gasteiger partial charge >= 0.3 is 0 Å². The molecular weight excluding hydrogens is 320 g/mol. The van der Waals surface area contributed by atoms with Crippen molar-refractivity contribution in [2.24, 2.45) is 0 Å². The monoisotopic (exact) mass is 338 g/mol. The van der Waals surface area contributed by atoms with Gasteiger partial charge < -0.3 is 9.52 Å². The molecule has 0 bridgehead atoms. The van der Waals surface area contributed by atoms with Crippen LogP contribution < -0.4 is 0 Å². The third-order valence-corrected chi connectivity index (χ3v) is 3.72. The van der Waals surface area contributed by atoms with Crippen LogP contribution >= 0.6 is 15.9 Å². The molecule has 1 aromatic heterocycles. The number of rotatable bonds is 6. The summed E-state index contributed by atoms with van der Waals surface area (Å²) in [7, 11) is 1.99. The first-order valence-corrected chi connectivity index (χ1v) is 7.42. The fourth-order valence-electron chi connectivity index (χ4n) is 1.89. The van der Waals surface area contributed by atoms with Crippen LogP contribution in [0, 0.1) is 0 Å². The molecule has 0 aliphatic heterocycles. The summed E-state index contributed by atoms with van der Waals surface area (Å²) in [6, 6.07) is 7.91. The molecule has 0 fully saturated rings. The Morgan fingerprint density at radius 3 is 2.85 bits per heavy atom. The second kappa shape index (κ2) is 7.02. The van der Waals surface area contributed by atoms with Crippen molar-refractivity contribution in [3.63, 3.8) is 0 Å². The molecule has 0 saturated carbocycles. The first-order valence-electron chi connectivity index (χ1n) is 6.62. The molecule has 108 valence electrons. The van der Waals surface area contributed by atoms with Crippen LogP contribution in [-0.4, -0.2) is 34.7 Å². The maximum Gasteiger partial charge on any atom is 0.209 e. The zero-order valence-electron chi connectivity index (χ0n) is 11.7. The van der Waals surface area contributed by atoms with E-state index < -0.39 is 0 Å². The predicted molar refractivity (Wildman–Crippen MR) is 82.3 cm³/mol. The number of oxazole rings is 1. The number of aliphatic hydroxyl groups excluding tert-OH is 1. The third-order valence-electron chi connectivity index (χ3n) is 3.03. The number of halogens is 1. The number of hydrogen-bond donors (Lipinski definition) is 1. The SMILES string of the molecule is CC(O)CCN(C)Cc1ncc(-c2ccccc2Br)o1. The van der Waals surface area contributed by atoms with Crippen LogP contribution in [0.2, 0.25) is 0 Å². The molecule has 2 aromatic rings. The lowest BCUT2D eigenvalue weighted by Gasteiger charge is -2.15. The number of benzene rings is 1. The van der Waals surface area contributed by atoms with E-state index in [9.17, 15) is 5.11 Å². The van der Waals surface area contributed by atoms with Gasteiger partial charge in [0.1, 0.15) is 0 Å². The maximum absolute atomic E-state index is 9.28. The molecule has 0 saturated heterocycles. The quantitative estimate of drug-likeness (QED) is 0.877. The van der Waals surface area contributed by atoms with Crippen molar-refractivity contribution in [1.29, 1.82) is 0 Å². The molecule has 0 aliphatic rings. The summed E-state index contributed by atoms with van der Waals surface area (Å²) in [6.07, 6.45) is 2.21. The van der Waals surface area contributed by atoms with Crippen LogP contribution in [0.5, 0.6) is 0 Å². The highest BCUT2D eigenvalue weighted by Crippen LogP contribution is 2.28. The second-order valence-electron chi connectivity index (χ2n) is 4.97. The Hall–Kier alpha value is -1.17. The molecule has 2 rings (SSSR count). The van der Waals surface area contributed by atoms with Gasteiger partial charge in [0.25, 0.3) is 0 Å². The number of aromatic nitrogens is 1. The molecule has 1 heterocycles. The van der Waals surface area contributed by atoms with Crippen molar-refractivity contribution in [3.8, 4) is 11.3 Å². The highest BCUT2D eigenvalue weighted by atomic mass is 79.9. The van der Waals surface area contributed by atoms with Crippen molar-refractivity contribution >= 4 is 15.9 Å². The molecule has 0 spiro atoms. The fraction of sp³-hybridized carbons (Fsp3) is 0.400. The number of aliphatic hydroxyl groups is 1. The lowest BCUT2D eigenvalue weighted by Crippen LogP contribution is -2.22. The number of hydrogen-bond acceptors (Lipinski definition) is 4. The van der Waals surface area contributed by atoms with E-state index in [1.807, 2.05) is 31.3 Å². The summed E-state index contributed by atoms with van der Waals surface area (Å²) in [5.74, 6) is 1.44. The summed E-state index contributed by atoms with van der Waals surface area (Å²) in [5.41, 5.74) is 0.998. The topological polar surface area (TPSA) is 49.5 Å². The molecule has 5 heteroatoms. The fourth-order valence-corrected chi connectivity index (χ4v) is 2.37. The average molecular weight is 339 g/mol. The summed E-state index contributed by atoms with van der Waals surface area (Å²) in [5, 5.41) is 9.28. The second-order valence-corrected chi connectivity index (χ2v) is 5.83. The third kappa shape index (κ3) is 4.16. The Morgan fingerprint density at radius 2 is 2.15 bits per heavy atom. The summed E-state index contributed by atoms with van der Waals surface area (Å²) < 4.78 is 6.77. The first-order chi connectivity index (χ1) is 9.56. The van der Waals surface area contributed by atoms with Gasteiger partial charge in [0, 0.05) is 16.6 Å². The summed E-state index contributed by atoms with van der Waals surface area (Å²) in [4.78, 5) is 6.39. The summed E-state index contributed by atoms with van der Waals surface area (Å²) >= 11 is 3.51. The van der Waals surface area contributed by atoms with E-state index in [0.717, 1.165) is 28.8 Å². The van der Waals surface area contributed by atoms with Gasteiger partial charge in [-0.2, -0.15) is 0 Å². The maximum atomic E-state index is 9.28. The molecule has 0 aliphatic carbocycles. The highest BCUT2D eigenvalue weighted by molar-refractivity contribution is 9.10. The van der Waals surface area contributed by atoms with E-state index in [2.05, 4.69) is 25.8 Å². The predicted octanol–water partition coefficient (Wildman–Crippen LogP) is 3.31. The standard InChI is InChI=1S/C15H19BrN2O2/c1-11(19)7-8-18(2)10-15-17-9-14(20-15)12-5-3-4-6-13(12)16/h3-6,9,11,19H,7-8,10H2,1-2H3.